The van der Waals surface area contributed by atoms with Crippen molar-refractivity contribution in [1.82, 2.24) is 10.5 Å². The summed E-state index contributed by atoms with van der Waals surface area (Å²) in [6, 6.07) is 10.1. The predicted molar refractivity (Wildman–Crippen MR) is 119 cm³/mol. The van der Waals surface area contributed by atoms with Gasteiger partial charge in [0.25, 0.3) is 0 Å². The van der Waals surface area contributed by atoms with E-state index < -0.39 is 0 Å². The standard InChI is InChI=1S/C16H25NO2.C5H8N2O.C2H6/c18-13-16-4-1-3-14(11-16)5-2-8-17-12-15-6-9-19-10-7-15;1-4-3-5(6-2)8-7-4;1-2/h1,3-4,11,15,17-18H,2,5-10,12-13H2;3,6H,1-2H3;1-2H3. The summed E-state index contributed by atoms with van der Waals surface area (Å²) in [6.45, 7) is 10.1. The molecule has 1 aromatic heterocycles. The average molecular weight is 406 g/mol. The van der Waals surface area contributed by atoms with Crippen molar-refractivity contribution in [3.05, 3.63) is 47.2 Å². The number of nitrogens with zero attached hydrogens (tertiary/aromatic N) is 1. The van der Waals surface area contributed by atoms with Crippen molar-refractivity contribution < 1.29 is 14.4 Å². The third-order valence-electron chi connectivity index (χ3n) is 4.64. The van der Waals surface area contributed by atoms with Crippen LogP contribution in [0, 0.1) is 12.8 Å². The molecule has 1 fully saturated rings. The van der Waals surface area contributed by atoms with E-state index in [9.17, 15) is 0 Å². The van der Waals surface area contributed by atoms with E-state index in [0.717, 1.165) is 56.3 Å². The molecule has 0 atom stereocenters. The number of anilines is 1. The van der Waals surface area contributed by atoms with Crippen molar-refractivity contribution in [1.29, 1.82) is 0 Å². The van der Waals surface area contributed by atoms with Gasteiger partial charge in [0.15, 0.2) is 0 Å². The van der Waals surface area contributed by atoms with Crippen molar-refractivity contribution >= 4 is 5.88 Å². The number of hydrogen-bond acceptors (Lipinski definition) is 6. The molecule has 6 heteroatoms. The van der Waals surface area contributed by atoms with Crippen molar-refractivity contribution in [2.24, 2.45) is 5.92 Å². The first-order valence-electron chi connectivity index (χ1n) is 10.8. The van der Waals surface area contributed by atoms with Crippen LogP contribution in [0.3, 0.4) is 0 Å². The second kappa shape index (κ2) is 16.0. The first kappa shape index (κ1) is 25.1. The van der Waals surface area contributed by atoms with E-state index in [2.05, 4.69) is 27.9 Å². The number of hydrogen-bond donors (Lipinski definition) is 3. The Labute approximate surface area is 176 Å². The highest BCUT2D eigenvalue weighted by Crippen LogP contribution is 2.13. The van der Waals surface area contributed by atoms with Gasteiger partial charge in [0.1, 0.15) is 0 Å². The van der Waals surface area contributed by atoms with Gasteiger partial charge in [-0.3, -0.25) is 0 Å². The molecule has 2 aromatic rings. The molecule has 0 unspecified atom stereocenters. The van der Waals surface area contributed by atoms with Crippen LogP contribution in [0.15, 0.2) is 34.9 Å². The van der Waals surface area contributed by atoms with Crippen LogP contribution in [0.25, 0.3) is 0 Å². The van der Waals surface area contributed by atoms with Crippen molar-refractivity contribution in [2.45, 2.75) is 53.1 Å². The van der Waals surface area contributed by atoms with Gasteiger partial charge >= 0.3 is 0 Å². The second-order valence-electron chi connectivity index (χ2n) is 6.92. The predicted octanol–water partition coefficient (Wildman–Crippen LogP) is 4.18. The SMILES string of the molecule is CC.CNc1cc(C)no1.OCc1cccc(CCCNCC2CCOCC2)c1. The maximum Gasteiger partial charge on any atom is 0.224 e. The van der Waals surface area contributed by atoms with E-state index in [1.165, 1.54) is 18.4 Å². The van der Waals surface area contributed by atoms with Crippen molar-refractivity contribution in [3.8, 4) is 0 Å². The Morgan fingerprint density at radius 3 is 2.45 bits per heavy atom. The fraction of sp³-hybridized carbons (Fsp3) is 0.609. The van der Waals surface area contributed by atoms with Gasteiger partial charge in [-0.15, -0.1) is 0 Å². The van der Waals surface area contributed by atoms with Gasteiger partial charge < -0.3 is 25.0 Å². The monoisotopic (exact) mass is 405 g/mol. The van der Waals surface area contributed by atoms with Crippen molar-refractivity contribution in [2.75, 3.05) is 38.7 Å². The second-order valence-corrected chi connectivity index (χ2v) is 6.92. The topological polar surface area (TPSA) is 79.6 Å². The molecule has 0 saturated carbocycles. The minimum absolute atomic E-state index is 0.135. The number of rotatable bonds is 8. The average Bonchev–Trinajstić information content (AvgIpc) is 3.22. The normalized spacial score (nSPS) is 13.7. The van der Waals surface area contributed by atoms with Gasteiger partial charge in [-0.05, 0) is 62.7 Å². The Morgan fingerprint density at radius 2 is 1.86 bits per heavy atom. The van der Waals surface area contributed by atoms with Gasteiger partial charge in [-0.2, -0.15) is 0 Å². The van der Waals surface area contributed by atoms with Crippen LogP contribution >= 0.6 is 0 Å². The molecular weight excluding hydrogens is 366 g/mol. The summed E-state index contributed by atoms with van der Waals surface area (Å²) in [7, 11) is 1.79. The van der Waals surface area contributed by atoms with Gasteiger partial charge in [-0.1, -0.05) is 43.3 Å². The number of benzene rings is 1. The Hall–Kier alpha value is -1.89. The van der Waals surface area contributed by atoms with Crippen LogP contribution < -0.4 is 10.6 Å². The number of ether oxygens (including phenoxy) is 1. The smallest absolute Gasteiger partial charge is 0.224 e. The number of aryl methyl sites for hydroxylation is 2. The van der Waals surface area contributed by atoms with E-state index in [1.807, 2.05) is 39.0 Å². The number of aromatic nitrogens is 1. The maximum absolute atomic E-state index is 9.09. The van der Waals surface area contributed by atoms with Crippen LogP contribution in [0.1, 0.15) is 49.9 Å². The molecule has 1 aliphatic rings. The summed E-state index contributed by atoms with van der Waals surface area (Å²) in [6.07, 6.45) is 4.63. The summed E-state index contributed by atoms with van der Waals surface area (Å²) in [5, 5.41) is 19.1. The van der Waals surface area contributed by atoms with Crippen molar-refractivity contribution in [3.63, 3.8) is 0 Å². The summed E-state index contributed by atoms with van der Waals surface area (Å²) in [4.78, 5) is 0. The first-order valence-corrected chi connectivity index (χ1v) is 10.8. The first-order chi connectivity index (χ1) is 14.2. The largest absolute Gasteiger partial charge is 0.392 e. The summed E-state index contributed by atoms with van der Waals surface area (Å²) in [5.74, 6) is 1.51. The summed E-state index contributed by atoms with van der Waals surface area (Å²) >= 11 is 0. The fourth-order valence-corrected chi connectivity index (χ4v) is 3.04. The third-order valence-corrected chi connectivity index (χ3v) is 4.64. The quantitative estimate of drug-likeness (QED) is 0.572. The molecule has 0 amide bonds. The van der Waals surface area contributed by atoms with Gasteiger partial charge in [0.05, 0.1) is 12.3 Å². The van der Waals surface area contributed by atoms with Gasteiger partial charge in [0, 0.05) is 26.3 Å². The molecule has 1 aliphatic heterocycles. The van der Waals surface area contributed by atoms with E-state index in [4.69, 9.17) is 14.4 Å². The van der Waals surface area contributed by atoms with E-state index >= 15 is 0 Å². The zero-order chi connectivity index (χ0) is 21.3. The third kappa shape index (κ3) is 11.0. The van der Waals surface area contributed by atoms with Crippen LogP contribution in [-0.4, -0.2) is 43.6 Å². The van der Waals surface area contributed by atoms with E-state index in [-0.39, 0.29) is 6.61 Å². The van der Waals surface area contributed by atoms with Crippen LogP contribution in [0.4, 0.5) is 5.88 Å². The molecule has 1 aromatic carbocycles. The Bertz CT molecular complexity index is 640. The molecule has 0 bridgehead atoms. The number of aliphatic hydroxyl groups is 1. The van der Waals surface area contributed by atoms with Crippen LogP contribution in [0.5, 0.6) is 0 Å². The molecule has 1 saturated heterocycles. The highest BCUT2D eigenvalue weighted by molar-refractivity contribution is 5.29. The number of aliphatic hydroxyl groups excluding tert-OH is 1. The lowest BCUT2D eigenvalue weighted by Gasteiger charge is -2.22. The van der Waals surface area contributed by atoms with Gasteiger partial charge in [0.2, 0.25) is 5.88 Å². The lowest BCUT2D eigenvalue weighted by Crippen LogP contribution is -2.28. The minimum Gasteiger partial charge on any atom is -0.392 e. The summed E-state index contributed by atoms with van der Waals surface area (Å²) < 4.78 is 10.1. The Morgan fingerprint density at radius 1 is 1.14 bits per heavy atom. The van der Waals surface area contributed by atoms with E-state index in [1.54, 1.807) is 7.05 Å². The molecule has 29 heavy (non-hydrogen) atoms. The lowest BCUT2D eigenvalue weighted by atomic mass is 10.0. The fourth-order valence-electron chi connectivity index (χ4n) is 3.04. The van der Waals surface area contributed by atoms with Gasteiger partial charge in [-0.25, -0.2) is 0 Å². The molecule has 3 N–H and O–H groups in total. The molecule has 0 aliphatic carbocycles. The molecular formula is C23H39N3O3. The van der Waals surface area contributed by atoms with E-state index in [0.29, 0.717) is 5.88 Å². The Balaban J connectivity index is 0.000000351. The summed E-state index contributed by atoms with van der Waals surface area (Å²) in [5.41, 5.74) is 3.22. The number of nitrogens with one attached hydrogen (secondary N) is 2. The van der Waals surface area contributed by atoms with Crippen LogP contribution in [-0.2, 0) is 17.8 Å². The lowest BCUT2D eigenvalue weighted by molar-refractivity contribution is 0.0663. The minimum atomic E-state index is 0.135. The zero-order valence-corrected chi connectivity index (χ0v) is 18.5. The molecule has 0 spiro atoms. The molecule has 3 rings (SSSR count). The molecule has 164 valence electrons. The molecule has 6 nitrogen and oxygen atoms in total. The zero-order valence-electron chi connectivity index (χ0n) is 18.5. The Kier molecular flexibility index (Phi) is 13.8. The van der Waals surface area contributed by atoms with Crippen LogP contribution in [0.2, 0.25) is 0 Å². The molecule has 0 radical (unpaired) electrons. The highest BCUT2D eigenvalue weighted by Gasteiger charge is 2.12. The highest BCUT2D eigenvalue weighted by atomic mass is 16.5. The maximum atomic E-state index is 9.09. The molecule has 2 heterocycles.